The first-order chi connectivity index (χ1) is 24.5. The largest absolute Gasteiger partial charge is 0.466 e. The summed E-state index contributed by atoms with van der Waals surface area (Å²) in [7, 11) is 0. The molecule has 1 fully saturated rings. The van der Waals surface area contributed by atoms with Gasteiger partial charge in [0.2, 0.25) is 0 Å². The molecule has 1 saturated heterocycles. The van der Waals surface area contributed by atoms with Crippen molar-refractivity contribution in [2.75, 3.05) is 32.8 Å². The highest BCUT2D eigenvalue weighted by Crippen LogP contribution is 2.24. The number of ether oxygens (including phenoxy) is 2. The molecule has 1 rings (SSSR count). The van der Waals surface area contributed by atoms with Crippen LogP contribution in [0.5, 0.6) is 0 Å². The van der Waals surface area contributed by atoms with Gasteiger partial charge in [-0.1, -0.05) is 154 Å². The Morgan fingerprint density at radius 3 is 1.72 bits per heavy atom. The summed E-state index contributed by atoms with van der Waals surface area (Å²) in [5.41, 5.74) is 8.29. The van der Waals surface area contributed by atoms with Crippen LogP contribution < -0.4 is 0 Å². The predicted molar refractivity (Wildman–Crippen MR) is 211 cm³/mol. The molecule has 3 unspecified atom stereocenters. The molecular weight excluding hydrogens is 618 g/mol. The topological polar surface area (TPSA) is 55.8 Å². The second-order valence-electron chi connectivity index (χ2n) is 15.3. The number of hydrogen-bond acceptors (Lipinski definition) is 5. The Hall–Kier alpha value is -2.02. The number of hydrogen-bond donors (Lipinski definition) is 0. The van der Waals surface area contributed by atoms with E-state index in [1.54, 1.807) is 0 Å². The molecule has 288 valence electrons. The number of unbranched alkanes of at least 4 members (excludes halogenated alkanes) is 14. The lowest BCUT2D eigenvalue weighted by molar-refractivity contribution is -0.145. The molecule has 3 atom stereocenters. The Labute approximate surface area is 309 Å². The molecule has 0 aromatic heterocycles. The number of nitrogens with zero attached hydrogens (tertiary/aromatic N) is 1. The zero-order valence-electron chi connectivity index (χ0n) is 33.2. The van der Waals surface area contributed by atoms with Crippen molar-refractivity contribution in [3.05, 3.63) is 29.8 Å². The van der Waals surface area contributed by atoms with Crippen LogP contribution in [0.15, 0.2) is 29.8 Å². The Balaban J connectivity index is 2.15. The number of likely N-dealkylation sites (tertiary alicyclic amines) is 1. The molecule has 0 aromatic carbocycles. The van der Waals surface area contributed by atoms with Gasteiger partial charge in [0.15, 0.2) is 0 Å². The van der Waals surface area contributed by atoms with Crippen molar-refractivity contribution in [3.63, 3.8) is 0 Å². The molecule has 0 amide bonds. The van der Waals surface area contributed by atoms with Gasteiger partial charge in [-0.25, -0.2) is 0 Å². The summed E-state index contributed by atoms with van der Waals surface area (Å²) in [5, 5.41) is 0. The molecule has 5 heteroatoms. The molecule has 1 aliphatic rings. The van der Waals surface area contributed by atoms with E-state index in [1.165, 1.54) is 142 Å². The van der Waals surface area contributed by atoms with Gasteiger partial charge >= 0.3 is 11.9 Å². The fourth-order valence-electron chi connectivity index (χ4n) is 7.23. The SMILES string of the molecule is C=C=C=C=CC(CCCCC)CC(=O)OCCCCCCCCC(CCCCCCCCOC(=O)CC(C)CCCCC)CCN1CCCC1. The highest BCUT2D eigenvalue weighted by atomic mass is 16.5. The highest BCUT2D eigenvalue weighted by Gasteiger charge is 2.16. The van der Waals surface area contributed by atoms with Crippen molar-refractivity contribution >= 4 is 11.9 Å². The molecule has 0 N–H and O–H groups in total. The Morgan fingerprint density at radius 2 is 1.16 bits per heavy atom. The van der Waals surface area contributed by atoms with Crippen molar-refractivity contribution in [2.45, 2.75) is 194 Å². The first-order valence-corrected chi connectivity index (χ1v) is 21.4. The third-order valence-electron chi connectivity index (χ3n) is 10.5. The maximum atomic E-state index is 12.4. The molecule has 0 radical (unpaired) electrons. The standard InChI is InChI=1S/C45H79NO4/c1-5-8-19-28-41(4)39-44(47)49-37-26-17-13-11-15-22-29-42(33-36-46-34-24-25-35-46)30-23-16-12-14-18-27-38-50-45(48)40-43(31-20-9-6-2)32-21-10-7-3/h31,41-43H,2,5,7-8,10-19,21-30,32-40H2,1,3-4H3. The van der Waals surface area contributed by atoms with Gasteiger partial charge in [0.05, 0.1) is 19.6 Å². The number of carbonyl (C=O) groups excluding carboxylic acids is 2. The molecule has 0 bridgehead atoms. The summed E-state index contributed by atoms with van der Waals surface area (Å²) in [4.78, 5) is 27.2. The zero-order chi connectivity index (χ0) is 36.3. The highest BCUT2D eigenvalue weighted by molar-refractivity contribution is 5.70. The van der Waals surface area contributed by atoms with Gasteiger partial charge < -0.3 is 14.4 Å². The number of rotatable bonds is 34. The molecule has 1 aliphatic heterocycles. The molecule has 0 spiro atoms. The van der Waals surface area contributed by atoms with E-state index in [4.69, 9.17) is 9.47 Å². The molecule has 0 aliphatic carbocycles. The number of esters is 2. The van der Waals surface area contributed by atoms with Gasteiger partial charge in [0.25, 0.3) is 0 Å². The summed E-state index contributed by atoms with van der Waals surface area (Å²) in [6, 6.07) is 0. The minimum absolute atomic E-state index is 0.00535. The van der Waals surface area contributed by atoms with Crippen molar-refractivity contribution in [1.29, 1.82) is 0 Å². The summed E-state index contributed by atoms with van der Waals surface area (Å²) >= 11 is 0. The van der Waals surface area contributed by atoms with Crippen LogP contribution in [0.2, 0.25) is 0 Å². The average Bonchev–Trinajstić information content (AvgIpc) is 3.62. The van der Waals surface area contributed by atoms with E-state index < -0.39 is 0 Å². The van der Waals surface area contributed by atoms with Crippen molar-refractivity contribution in [3.8, 4) is 0 Å². The number of carbonyl (C=O) groups is 2. The van der Waals surface area contributed by atoms with Gasteiger partial charge in [-0.05, 0) is 94.3 Å². The van der Waals surface area contributed by atoms with Gasteiger partial charge in [-0.15, -0.1) is 0 Å². The van der Waals surface area contributed by atoms with E-state index in [-0.39, 0.29) is 17.9 Å². The number of allylic oxidation sites excluding steroid dienone is 1. The van der Waals surface area contributed by atoms with Gasteiger partial charge in [-0.2, -0.15) is 0 Å². The van der Waals surface area contributed by atoms with E-state index in [2.05, 4.69) is 49.4 Å². The fraction of sp³-hybridized carbons (Fsp3) is 0.844. The van der Waals surface area contributed by atoms with E-state index in [0.717, 1.165) is 44.4 Å². The Kier molecular flexibility index (Phi) is 31.4. The summed E-state index contributed by atoms with van der Waals surface area (Å²) in [6.07, 6.45) is 33.8. The fourth-order valence-corrected chi connectivity index (χ4v) is 7.23. The first-order valence-electron chi connectivity index (χ1n) is 21.4. The van der Waals surface area contributed by atoms with Crippen LogP contribution in [0.3, 0.4) is 0 Å². The van der Waals surface area contributed by atoms with Crippen molar-refractivity contribution in [1.82, 2.24) is 4.90 Å². The molecule has 0 aromatic rings. The third kappa shape index (κ3) is 28.7. The van der Waals surface area contributed by atoms with E-state index in [9.17, 15) is 9.59 Å². The van der Waals surface area contributed by atoms with Crippen LogP contribution in [0.25, 0.3) is 0 Å². The smallest absolute Gasteiger partial charge is 0.306 e. The Morgan fingerprint density at radius 1 is 0.660 bits per heavy atom. The maximum absolute atomic E-state index is 12.4. The lowest BCUT2D eigenvalue weighted by Gasteiger charge is -2.21. The second kappa shape index (κ2) is 34.1. The molecule has 0 saturated carbocycles. The summed E-state index contributed by atoms with van der Waals surface area (Å²) in [5.74, 6) is 1.36. The van der Waals surface area contributed by atoms with Crippen LogP contribution in [-0.4, -0.2) is 49.7 Å². The lowest BCUT2D eigenvalue weighted by Crippen LogP contribution is -2.22. The molecular formula is C45H79NO4. The average molecular weight is 698 g/mol. The monoisotopic (exact) mass is 698 g/mol. The molecule has 1 heterocycles. The van der Waals surface area contributed by atoms with Gasteiger partial charge in [0, 0.05) is 6.42 Å². The lowest BCUT2D eigenvalue weighted by atomic mass is 9.91. The van der Waals surface area contributed by atoms with E-state index in [0.29, 0.717) is 32.0 Å². The Bertz CT molecular complexity index is 937. The van der Waals surface area contributed by atoms with Gasteiger partial charge in [0.1, 0.15) is 0 Å². The minimum atomic E-state index is -0.0943. The quantitative estimate of drug-likeness (QED) is 0.0380. The predicted octanol–water partition coefficient (Wildman–Crippen LogP) is 12.5. The molecule has 50 heavy (non-hydrogen) atoms. The van der Waals surface area contributed by atoms with Gasteiger partial charge in [-0.3, -0.25) is 9.59 Å². The van der Waals surface area contributed by atoms with Crippen molar-refractivity contribution in [2.24, 2.45) is 17.8 Å². The summed E-state index contributed by atoms with van der Waals surface area (Å²) < 4.78 is 11.1. The first kappa shape index (κ1) is 46.0. The second-order valence-corrected chi connectivity index (χ2v) is 15.3. The maximum Gasteiger partial charge on any atom is 0.306 e. The van der Waals surface area contributed by atoms with Crippen LogP contribution in [0.1, 0.15) is 194 Å². The normalized spacial score (nSPS) is 14.7. The van der Waals surface area contributed by atoms with E-state index >= 15 is 0 Å². The molecule has 5 nitrogen and oxygen atoms in total. The zero-order valence-corrected chi connectivity index (χ0v) is 33.2. The minimum Gasteiger partial charge on any atom is -0.466 e. The third-order valence-corrected chi connectivity index (χ3v) is 10.5. The van der Waals surface area contributed by atoms with E-state index in [1.807, 2.05) is 6.08 Å². The van der Waals surface area contributed by atoms with Crippen LogP contribution in [-0.2, 0) is 19.1 Å². The van der Waals surface area contributed by atoms with Crippen LogP contribution in [0.4, 0.5) is 0 Å². The van der Waals surface area contributed by atoms with Crippen molar-refractivity contribution < 1.29 is 19.1 Å². The van der Waals surface area contributed by atoms with Crippen LogP contribution in [0, 0.1) is 17.8 Å². The summed E-state index contributed by atoms with van der Waals surface area (Å²) in [6.45, 7) is 15.1. The van der Waals surface area contributed by atoms with Crippen LogP contribution >= 0.6 is 0 Å².